The zero-order chi connectivity index (χ0) is 18.8. The van der Waals surface area contributed by atoms with Crippen LogP contribution in [-0.4, -0.2) is 60.2 Å². The van der Waals surface area contributed by atoms with Crippen LogP contribution in [0.1, 0.15) is 11.4 Å². The number of halogens is 1. The van der Waals surface area contributed by atoms with E-state index in [1.807, 2.05) is 4.57 Å². The second-order valence-corrected chi connectivity index (χ2v) is 14.2. The lowest BCUT2D eigenvalue weighted by molar-refractivity contribution is -0.146. The van der Waals surface area contributed by atoms with Crippen LogP contribution in [0.3, 0.4) is 0 Å². The molecule has 0 unspecified atom stereocenters. The number of ether oxygens (including phenoxy) is 2. The zero-order valence-electron chi connectivity index (χ0n) is 15.6. The summed E-state index contributed by atoms with van der Waals surface area (Å²) in [6.45, 7) is 10.3. The van der Waals surface area contributed by atoms with E-state index >= 15 is 0 Å². The SMILES string of the molecule is COC(=O)[C@@H]1Cc2nc(I)n(COCC[Si](C)(C)C)c2CN1B(C)O. The number of aromatic nitrogens is 2. The van der Waals surface area contributed by atoms with Crippen molar-refractivity contribution in [1.82, 2.24) is 14.4 Å². The van der Waals surface area contributed by atoms with Crippen LogP contribution in [0.15, 0.2) is 0 Å². The number of fused-ring (bicyclic) bond motifs is 1. The van der Waals surface area contributed by atoms with E-state index < -0.39 is 21.2 Å². The van der Waals surface area contributed by atoms with Crippen LogP contribution in [-0.2, 0) is 34.0 Å². The van der Waals surface area contributed by atoms with E-state index in [1.54, 1.807) is 11.6 Å². The number of nitrogens with zero attached hydrogens (tertiary/aromatic N) is 3. The second kappa shape index (κ2) is 8.51. The van der Waals surface area contributed by atoms with Gasteiger partial charge in [-0.2, -0.15) is 0 Å². The predicted molar refractivity (Wildman–Crippen MR) is 108 cm³/mol. The van der Waals surface area contributed by atoms with Gasteiger partial charge in [0.15, 0.2) is 3.83 Å². The lowest BCUT2D eigenvalue weighted by Gasteiger charge is -2.34. The fourth-order valence-corrected chi connectivity index (χ4v) is 4.32. The predicted octanol–water partition coefficient (Wildman–Crippen LogP) is 1.81. The van der Waals surface area contributed by atoms with Crippen LogP contribution in [0, 0.1) is 3.83 Å². The van der Waals surface area contributed by atoms with Crippen molar-refractivity contribution in [3.05, 3.63) is 15.2 Å². The van der Waals surface area contributed by atoms with Gasteiger partial charge in [-0.15, -0.1) is 0 Å². The minimum atomic E-state index is -1.12. The van der Waals surface area contributed by atoms with Gasteiger partial charge >= 0.3 is 13.0 Å². The van der Waals surface area contributed by atoms with Crippen LogP contribution in [0.2, 0.25) is 32.5 Å². The van der Waals surface area contributed by atoms with Gasteiger partial charge in [0.1, 0.15) is 12.8 Å². The summed E-state index contributed by atoms with van der Waals surface area (Å²) >= 11 is 2.19. The van der Waals surface area contributed by atoms with E-state index in [4.69, 9.17) is 9.47 Å². The van der Waals surface area contributed by atoms with Crippen molar-refractivity contribution in [2.45, 2.75) is 58.2 Å². The molecule has 1 aliphatic rings. The summed E-state index contributed by atoms with van der Waals surface area (Å²) in [6, 6.07) is 0.606. The molecule has 1 aliphatic heterocycles. The van der Waals surface area contributed by atoms with Crippen molar-refractivity contribution in [3.8, 4) is 0 Å². The summed E-state index contributed by atoms with van der Waals surface area (Å²) in [5.41, 5.74) is 1.88. The maximum absolute atomic E-state index is 12.1. The summed E-state index contributed by atoms with van der Waals surface area (Å²) in [4.78, 5) is 18.4. The highest BCUT2D eigenvalue weighted by molar-refractivity contribution is 14.1. The quantitative estimate of drug-likeness (QED) is 0.279. The fourth-order valence-electron chi connectivity index (χ4n) is 2.84. The number of rotatable bonds is 7. The number of hydrogen-bond acceptors (Lipinski definition) is 6. The Hall–Kier alpha value is -0.428. The van der Waals surface area contributed by atoms with Crippen LogP contribution in [0.25, 0.3) is 0 Å². The molecule has 1 aromatic heterocycles. The van der Waals surface area contributed by atoms with Crippen molar-refractivity contribution in [3.63, 3.8) is 0 Å². The number of methoxy groups -OCH3 is 1. The first-order valence-electron chi connectivity index (χ1n) is 8.47. The molecule has 2 rings (SSSR count). The molecule has 2 heterocycles. The molecule has 0 radical (unpaired) electrons. The smallest absolute Gasteiger partial charge is 0.377 e. The topological polar surface area (TPSA) is 76.8 Å². The number of esters is 1. The van der Waals surface area contributed by atoms with Gasteiger partial charge in [-0.1, -0.05) is 19.6 Å². The monoisotopic (exact) mass is 479 g/mol. The maximum atomic E-state index is 12.1. The van der Waals surface area contributed by atoms with Gasteiger partial charge in [0.2, 0.25) is 0 Å². The minimum absolute atomic E-state index is 0.345. The molecule has 0 spiro atoms. The maximum Gasteiger partial charge on any atom is 0.377 e. The lowest BCUT2D eigenvalue weighted by atomic mass is 9.80. The highest BCUT2D eigenvalue weighted by Crippen LogP contribution is 2.26. The second-order valence-electron chi connectivity index (χ2n) is 7.60. The van der Waals surface area contributed by atoms with Gasteiger partial charge < -0.3 is 14.5 Å². The van der Waals surface area contributed by atoms with Gasteiger partial charge in [0.05, 0.1) is 18.5 Å². The Balaban J connectivity index is 2.14. The average Bonchev–Trinajstić information content (AvgIpc) is 2.83. The first-order valence-corrected chi connectivity index (χ1v) is 13.3. The summed E-state index contributed by atoms with van der Waals surface area (Å²) in [7, 11) is -0.494. The zero-order valence-corrected chi connectivity index (χ0v) is 18.7. The Kier molecular flexibility index (Phi) is 7.10. The van der Waals surface area contributed by atoms with Crippen molar-refractivity contribution in [2.24, 2.45) is 0 Å². The summed E-state index contributed by atoms with van der Waals surface area (Å²) in [5.74, 6) is -0.345. The highest BCUT2D eigenvalue weighted by Gasteiger charge is 2.38. The summed E-state index contributed by atoms with van der Waals surface area (Å²) < 4.78 is 13.6. The molecular weight excluding hydrogens is 452 g/mol. The van der Waals surface area contributed by atoms with E-state index in [1.165, 1.54) is 7.11 Å². The number of hydrogen-bond donors (Lipinski definition) is 1. The Bertz CT molecular complexity index is 621. The molecule has 7 nitrogen and oxygen atoms in total. The van der Waals surface area contributed by atoms with Crippen molar-refractivity contribution in [2.75, 3.05) is 13.7 Å². The van der Waals surface area contributed by atoms with E-state index in [-0.39, 0.29) is 5.97 Å². The molecule has 25 heavy (non-hydrogen) atoms. The number of carbonyl (C=O) groups excluding carboxylic acids is 1. The van der Waals surface area contributed by atoms with Crippen LogP contribution in [0.5, 0.6) is 0 Å². The molecule has 0 amide bonds. The van der Waals surface area contributed by atoms with Crippen LogP contribution >= 0.6 is 22.6 Å². The normalized spacial score (nSPS) is 18.1. The van der Waals surface area contributed by atoms with Crippen LogP contribution in [0.4, 0.5) is 0 Å². The third-order valence-electron chi connectivity index (χ3n) is 4.40. The van der Waals surface area contributed by atoms with Crippen LogP contribution < -0.4 is 0 Å². The average molecular weight is 479 g/mol. The number of carbonyl (C=O) groups is 1. The Morgan fingerprint density at radius 3 is 2.72 bits per heavy atom. The molecule has 0 aliphatic carbocycles. The number of imidazole rings is 1. The van der Waals surface area contributed by atoms with E-state index in [9.17, 15) is 9.82 Å². The highest BCUT2D eigenvalue weighted by atomic mass is 127. The molecule has 10 heteroatoms. The molecule has 0 fully saturated rings. The van der Waals surface area contributed by atoms with Gasteiger partial charge in [-0.05, 0) is 12.9 Å². The first-order chi connectivity index (χ1) is 11.6. The van der Waals surface area contributed by atoms with E-state index in [0.717, 1.165) is 27.9 Å². The van der Waals surface area contributed by atoms with Crippen molar-refractivity contribution < 1.29 is 19.3 Å². The molecule has 140 valence electrons. The molecule has 0 saturated carbocycles. The molecule has 0 bridgehead atoms. The van der Waals surface area contributed by atoms with Gasteiger partial charge in [-0.3, -0.25) is 14.2 Å². The van der Waals surface area contributed by atoms with Crippen molar-refractivity contribution in [1.29, 1.82) is 0 Å². The Morgan fingerprint density at radius 2 is 2.16 bits per heavy atom. The largest absolute Gasteiger partial charge is 0.468 e. The Labute approximate surface area is 164 Å². The molecule has 0 aromatic carbocycles. The fraction of sp³-hybridized carbons (Fsp3) is 0.733. The third-order valence-corrected chi connectivity index (χ3v) is 6.93. The summed E-state index contributed by atoms with van der Waals surface area (Å²) in [5, 5.41) is 10.1. The molecule has 1 N–H and O–H groups in total. The van der Waals surface area contributed by atoms with Gasteiger partial charge in [0.25, 0.3) is 0 Å². The van der Waals surface area contributed by atoms with Gasteiger partial charge in [0, 0.05) is 50.2 Å². The van der Waals surface area contributed by atoms with E-state index in [0.29, 0.717) is 19.7 Å². The standard InChI is InChI=1S/C15H27BIN3O4Si/c1-16(22)20-9-13-11(8-12(20)14(21)23-2)18-15(17)19(13)10-24-6-7-25(3,4)5/h12,22H,6-10H2,1-5H3/t12-/m0/s1. The third kappa shape index (κ3) is 5.28. The molecule has 1 aromatic rings. The lowest BCUT2D eigenvalue weighted by Crippen LogP contribution is -2.52. The van der Waals surface area contributed by atoms with E-state index in [2.05, 4.69) is 47.2 Å². The van der Waals surface area contributed by atoms with Crippen molar-refractivity contribution >= 4 is 43.7 Å². The molecular formula is C15H27BIN3O4Si. The Morgan fingerprint density at radius 1 is 1.48 bits per heavy atom. The first kappa shape index (κ1) is 20.9. The molecule has 1 atom stereocenters. The molecule has 0 saturated heterocycles. The minimum Gasteiger partial charge on any atom is -0.468 e. The van der Waals surface area contributed by atoms with Gasteiger partial charge in [-0.25, -0.2) is 4.98 Å². The summed E-state index contributed by atoms with van der Waals surface area (Å²) in [6.07, 6.45) is 0.435.